The van der Waals surface area contributed by atoms with E-state index >= 15 is 0 Å². The van der Waals surface area contributed by atoms with E-state index in [1.54, 1.807) is 0 Å². The van der Waals surface area contributed by atoms with Gasteiger partial charge in [-0.2, -0.15) is 0 Å². The molecule has 1 heterocycles. The number of thiazole rings is 1. The number of nitrogen functional groups attached to an aromatic ring is 2. The first-order chi connectivity index (χ1) is 7.61. The lowest BCUT2D eigenvalue weighted by atomic mass is 10.1. The monoisotopic (exact) mass is 239 g/mol. The van der Waals surface area contributed by atoms with Crippen molar-refractivity contribution < 1.29 is 9.13 Å². The van der Waals surface area contributed by atoms with Crippen LogP contribution >= 0.6 is 11.3 Å². The van der Waals surface area contributed by atoms with Crippen LogP contribution in [-0.4, -0.2) is 12.1 Å². The highest BCUT2D eigenvalue weighted by atomic mass is 32.1. The van der Waals surface area contributed by atoms with Crippen molar-refractivity contribution >= 4 is 21.5 Å². The maximum Gasteiger partial charge on any atom is 0.182 e. The van der Waals surface area contributed by atoms with E-state index in [1.807, 2.05) is 0 Å². The Morgan fingerprint density at radius 1 is 1.38 bits per heavy atom. The molecule has 84 valence electrons. The zero-order valence-corrected chi connectivity index (χ0v) is 9.34. The molecule has 2 rings (SSSR count). The predicted octanol–water partition coefficient (Wildman–Crippen LogP) is 2.12. The summed E-state index contributed by atoms with van der Waals surface area (Å²) in [5.41, 5.74) is 12.2. The summed E-state index contributed by atoms with van der Waals surface area (Å²) in [6.07, 6.45) is 0. The van der Waals surface area contributed by atoms with Gasteiger partial charge in [-0.1, -0.05) is 11.3 Å². The molecule has 0 saturated heterocycles. The average molecular weight is 239 g/mol. The Morgan fingerprint density at radius 2 is 2.12 bits per heavy atom. The second-order valence-electron chi connectivity index (χ2n) is 3.11. The molecule has 0 unspecified atom stereocenters. The molecule has 4 N–H and O–H groups in total. The highest BCUT2D eigenvalue weighted by Gasteiger charge is 2.14. The molecule has 1 aromatic carbocycles. The number of hydrogen-bond acceptors (Lipinski definition) is 5. The normalized spacial score (nSPS) is 10.4. The first-order valence-electron chi connectivity index (χ1n) is 4.47. The summed E-state index contributed by atoms with van der Waals surface area (Å²) in [5.74, 6) is 0.139. The largest absolute Gasteiger partial charge is 0.496 e. The van der Waals surface area contributed by atoms with Crippen molar-refractivity contribution in [3.63, 3.8) is 0 Å². The van der Waals surface area contributed by atoms with Crippen LogP contribution in [0.25, 0.3) is 11.3 Å². The van der Waals surface area contributed by atoms with Crippen molar-refractivity contribution in [1.29, 1.82) is 0 Å². The van der Waals surface area contributed by atoms with Crippen molar-refractivity contribution in [2.75, 3.05) is 18.6 Å². The van der Waals surface area contributed by atoms with Gasteiger partial charge < -0.3 is 16.2 Å². The number of rotatable bonds is 2. The summed E-state index contributed by atoms with van der Waals surface area (Å²) < 4.78 is 18.3. The second kappa shape index (κ2) is 3.97. The Kier molecular flexibility index (Phi) is 2.66. The maximum atomic E-state index is 13.2. The van der Waals surface area contributed by atoms with E-state index in [-0.39, 0.29) is 5.82 Å². The number of anilines is 2. The lowest BCUT2D eigenvalue weighted by molar-refractivity contribution is 0.415. The Balaban J connectivity index is 2.62. The topological polar surface area (TPSA) is 74.2 Å². The van der Waals surface area contributed by atoms with Gasteiger partial charge in [-0.15, -0.1) is 0 Å². The number of nitrogens with zero attached hydrogens (tertiary/aromatic N) is 1. The molecule has 16 heavy (non-hydrogen) atoms. The molecule has 0 saturated carbocycles. The van der Waals surface area contributed by atoms with Crippen LogP contribution in [0.15, 0.2) is 18.2 Å². The molecule has 0 bridgehead atoms. The van der Waals surface area contributed by atoms with Crippen LogP contribution in [0.3, 0.4) is 0 Å². The predicted molar refractivity (Wildman–Crippen MR) is 62.9 cm³/mol. The number of benzene rings is 1. The van der Waals surface area contributed by atoms with Crippen LogP contribution in [0.5, 0.6) is 5.75 Å². The Hall–Kier alpha value is -1.82. The molecule has 0 aliphatic carbocycles. The molecule has 4 nitrogen and oxygen atoms in total. The molecular weight excluding hydrogens is 229 g/mol. The number of aromatic nitrogens is 1. The fourth-order valence-electron chi connectivity index (χ4n) is 1.41. The second-order valence-corrected chi connectivity index (χ2v) is 4.17. The minimum absolute atomic E-state index is 0.346. The van der Waals surface area contributed by atoms with Crippen LogP contribution in [0.2, 0.25) is 0 Å². The average Bonchev–Trinajstić information content (AvgIpc) is 2.57. The van der Waals surface area contributed by atoms with Gasteiger partial charge in [0.1, 0.15) is 22.3 Å². The highest BCUT2D eigenvalue weighted by molar-refractivity contribution is 7.19. The zero-order valence-electron chi connectivity index (χ0n) is 8.53. The molecule has 0 amide bonds. The smallest absolute Gasteiger partial charge is 0.182 e. The zero-order chi connectivity index (χ0) is 11.7. The van der Waals surface area contributed by atoms with Crippen molar-refractivity contribution in [2.45, 2.75) is 0 Å². The van der Waals surface area contributed by atoms with E-state index in [2.05, 4.69) is 4.98 Å². The van der Waals surface area contributed by atoms with Crippen LogP contribution in [0.4, 0.5) is 14.5 Å². The molecule has 1 aromatic heterocycles. The molecule has 0 atom stereocenters. The fourth-order valence-corrected chi connectivity index (χ4v) is 2.02. The summed E-state index contributed by atoms with van der Waals surface area (Å²) >= 11 is 1.16. The van der Waals surface area contributed by atoms with E-state index in [0.29, 0.717) is 27.1 Å². The number of nitrogens with two attached hydrogens (primary N) is 2. The number of hydrogen-bond donors (Lipinski definition) is 2. The minimum Gasteiger partial charge on any atom is -0.496 e. The summed E-state index contributed by atoms with van der Waals surface area (Å²) in [5, 5.41) is 0.792. The quantitative estimate of drug-likeness (QED) is 0.841. The van der Waals surface area contributed by atoms with Gasteiger partial charge in [-0.3, -0.25) is 0 Å². The summed E-state index contributed by atoms with van der Waals surface area (Å²) in [6.45, 7) is 0. The standard InChI is InChI=1S/C10H10FN3OS/c1-15-7-3-2-5(11)4-6(7)8-9(12)16-10(13)14-8/h2-4H,12H2,1H3,(H2,13,14). The van der Waals surface area contributed by atoms with Gasteiger partial charge in [0.05, 0.1) is 7.11 Å². The molecule has 6 heteroatoms. The first-order valence-corrected chi connectivity index (χ1v) is 5.29. The van der Waals surface area contributed by atoms with Crippen molar-refractivity contribution in [3.8, 4) is 17.0 Å². The lowest BCUT2D eigenvalue weighted by Gasteiger charge is -2.06. The van der Waals surface area contributed by atoms with E-state index in [4.69, 9.17) is 16.2 Å². The Bertz CT molecular complexity index is 527. The van der Waals surface area contributed by atoms with Crippen LogP contribution in [0.1, 0.15) is 0 Å². The molecule has 0 radical (unpaired) electrons. The van der Waals surface area contributed by atoms with E-state index in [1.165, 1.54) is 25.3 Å². The number of halogens is 1. The molecule has 0 aliphatic rings. The van der Waals surface area contributed by atoms with Gasteiger partial charge in [0, 0.05) is 5.56 Å². The van der Waals surface area contributed by atoms with E-state index in [9.17, 15) is 4.39 Å². The van der Waals surface area contributed by atoms with Gasteiger partial charge in [-0.05, 0) is 18.2 Å². The van der Waals surface area contributed by atoms with Gasteiger partial charge in [0.2, 0.25) is 0 Å². The minimum atomic E-state index is -0.373. The third-order valence-electron chi connectivity index (χ3n) is 2.09. The summed E-state index contributed by atoms with van der Waals surface area (Å²) in [4.78, 5) is 4.05. The molecule has 0 spiro atoms. The van der Waals surface area contributed by atoms with Crippen molar-refractivity contribution in [2.24, 2.45) is 0 Å². The van der Waals surface area contributed by atoms with Gasteiger partial charge >= 0.3 is 0 Å². The molecular formula is C10H10FN3OS. The Labute approximate surface area is 95.7 Å². The van der Waals surface area contributed by atoms with Gasteiger partial charge in [0.25, 0.3) is 0 Å². The Morgan fingerprint density at radius 3 is 2.69 bits per heavy atom. The first kappa shape index (κ1) is 10.7. The fraction of sp³-hybridized carbons (Fsp3) is 0.100. The third kappa shape index (κ3) is 1.79. The SMILES string of the molecule is COc1ccc(F)cc1-c1nc(N)sc1N. The van der Waals surface area contributed by atoms with Gasteiger partial charge in [-0.25, -0.2) is 9.37 Å². The third-order valence-corrected chi connectivity index (χ3v) is 2.80. The molecule has 0 aliphatic heterocycles. The maximum absolute atomic E-state index is 13.2. The van der Waals surface area contributed by atoms with Crippen LogP contribution < -0.4 is 16.2 Å². The summed E-state index contributed by atoms with van der Waals surface area (Å²) in [7, 11) is 1.50. The molecule has 0 fully saturated rings. The summed E-state index contributed by atoms with van der Waals surface area (Å²) in [6, 6.07) is 4.16. The number of ether oxygens (including phenoxy) is 1. The van der Waals surface area contributed by atoms with E-state index in [0.717, 1.165) is 11.3 Å². The molecule has 2 aromatic rings. The van der Waals surface area contributed by atoms with Gasteiger partial charge in [0.15, 0.2) is 5.13 Å². The van der Waals surface area contributed by atoms with Crippen molar-refractivity contribution in [3.05, 3.63) is 24.0 Å². The lowest BCUT2D eigenvalue weighted by Crippen LogP contribution is -1.92. The van der Waals surface area contributed by atoms with Crippen LogP contribution in [-0.2, 0) is 0 Å². The van der Waals surface area contributed by atoms with E-state index < -0.39 is 0 Å². The van der Waals surface area contributed by atoms with Crippen LogP contribution in [0, 0.1) is 5.82 Å². The highest BCUT2D eigenvalue weighted by Crippen LogP contribution is 2.37. The van der Waals surface area contributed by atoms with Crippen molar-refractivity contribution in [1.82, 2.24) is 4.98 Å². The number of methoxy groups -OCH3 is 1.